The molecule has 0 unspecified atom stereocenters. The number of carbonyl (C=O) groups excluding carboxylic acids is 2. The van der Waals surface area contributed by atoms with Crippen LogP contribution in [0, 0.1) is 5.82 Å². The standard InChI is InChI=1S/C22H18FN5O4S/c1-31-16-10-5-13(12-17(16)32-2)21(29)25-26-22(30)19-24-20(18-4-3-11-33-18)28(27-19)15-8-6-14(23)7-9-15/h3-12H,1-2H3,(H,25,29)(H,26,30). The molecule has 2 amide bonds. The van der Waals surface area contributed by atoms with Crippen molar-refractivity contribution in [3.8, 4) is 27.9 Å². The van der Waals surface area contributed by atoms with Crippen LogP contribution < -0.4 is 20.3 Å². The van der Waals surface area contributed by atoms with Gasteiger partial charge in [0.15, 0.2) is 17.3 Å². The van der Waals surface area contributed by atoms with Crippen LogP contribution in [0.1, 0.15) is 21.0 Å². The van der Waals surface area contributed by atoms with Gasteiger partial charge >= 0.3 is 5.91 Å². The predicted octanol–water partition coefficient (Wildman–Crippen LogP) is 3.23. The maximum atomic E-state index is 13.4. The third-order valence-electron chi connectivity index (χ3n) is 4.56. The average Bonchev–Trinajstić information content (AvgIpc) is 3.52. The fraction of sp³-hybridized carbons (Fsp3) is 0.0909. The van der Waals surface area contributed by atoms with Gasteiger partial charge in [0.1, 0.15) is 5.82 Å². The van der Waals surface area contributed by atoms with Crippen LogP contribution in [0.4, 0.5) is 4.39 Å². The van der Waals surface area contributed by atoms with E-state index in [-0.39, 0.29) is 11.4 Å². The molecule has 2 heterocycles. The second-order valence-electron chi connectivity index (χ2n) is 6.60. The number of benzene rings is 2. The Morgan fingerprint density at radius 3 is 2.36 bits per heavy atom. The van der Waals surface area contributed by atoms with Gasteiger partial charge in [0.05, 0.1) is 24.8 Å². The first-order valence-corrected chi connectivity index (χ1v) is 10.5. The zero-order valence-corrected chi connectivity index (χ0v) is 18.4. The van der Waals surface area contributed by atoms with E-state index in [2.05, 4.69) is 20.9 Å². The molecule has 0 fully saturated rings. The number of halogens is 1. The molecule has 0 saturated carbocycles. The summed E-state index contributed by atoms with van der Waals surface area (Å²) in [4.78, 5) is 30.2. The molecule has 33 heavy (non-hydrogen) atoms. The molecule has 11 heteroatoms. The highest BCUT2D eigenvalue weighted by molar-refractivity contribution is 7.13. The summed E-state index contributed by atoms with van der Waals surface area (Å²) in [6.45, 7) is 0. The highest BCUT2D eigenvalue weighted by Crippen LogP contribution is 2.28. The minimum atomic E-state index is -0.720. The number of hydrogen-bond donors (Lipinski definition) is 2. The summed E-state index contributed by atoms with van der Waals surface area (Å²) in [5.74, 6) is -0.606. The van der Waals surface area contributed by atoms with Gasteiger partial charge < -0.3 is 9.47 Å². The van der Waals surface area contributed by atoms with Crippen LogP contribution in [0.3, 0.4) is 0 Å². The zero-order valence-electron chi connectivity index (χ0n) is 17.5. The van der Waals surface area contributed by atoms with Gasteiger partial charge in [-0.2, -0.15) is 0 Å². The van der Waals surface area contributed by atoms with E-state index in [1.165, 1.54) is 66.6 Å². The molecule has 0 aliphatic carbocycles. The normalized spacial score (nSPS) is 10.5. The van der Waals surface area contributed by atoms with Gasteiger partial charge in [-0.25, -0.2) is 14.1 Å². The Bertz CT molecular complexity index is 1290. The van der Waals surface area contributed by atoms with E-state index in [9.17, 15) is 14.0 Å². The Balaban J connectivity index is 1.54. The molecule has 0 aliphatic rings. The summed E-state index contributed by atoms with van der Waals surface area (Å²) in [5, 5.41) is 6.12. The van der Waals surface area contributed by atoms with E-state index in [0.29, 0.717) is 23.0 Å². The molecule has 4 aromatic rings. The quantitative estimate of drug-likeness (QED) is 0.422. The molecular formula is C22H18FN5O4S. The fourth-order valence-electron chi connectivity index (χ4n) is 2.95. The number of nitrogens with zero attached hydrogens (tertiary/aromatic N) is 3. The number of amides is 2. The van der Waals surface area contributed by atoms with Crippen molar-refractivity contribution >= 4 is 23.2 Å². The molecule has 2 aromatic carbocycles. The van der Waals surface area contributed by atoms with Crippen molar-refractivity contribution < 1.29 is 23.5 Å². The van der Waals surface area contributed by atoms with Gasteiger partial charge in [-0.05, 0) is 53.9 Å². The molecule has 168 valence electrons. The maximum Gasteiger partial charge on any atom is 0.309 e. The van der Waals surface area contributed by atoms with Crippen LogP contribution in [-0.2, 0) is 0 Å². The van der Waals surface area contributed by atoms with Crippen LogP contribution >= 0.6 is 11.3 Å². The highest BCUT2D eigenvalue weighted by atomic mass is 32.1. The monoisotopic (exact) mass is 467 g/mol. The van der Waals surface area contributed by atoms with Crippen molar-refractivity contribution in [3.63, 3.8) is 0 Å². The molecule has 0 spiro atoms. The third-order valence-corrected chi connectivity index (χ3v) is 5.42. The minimum absolute atomic E-state index is 0.171. The van der Waals surface area contributed by atoms with Crippen molar-refractivity contribution in [1.29, 1.82) is 0 Å². The van der Waals surface area contributed by atoms with E-state index in [1.807, 2.05) is 17.5 Å². The molecule has 0 atom stereocenters. The minimum Gasteiger partial charge on any atom is -0.493 e. The van der Waals surface area contributed by atoms with Crippen LogP contribution in [0.25, 0.3) is 16.4 Å². The number of hydrazine groups is 1. The lowest BCUT2D eigenvalue weighted by Gasteiger charge is -2.10. The summed E-state index contributed by atoms with van der Waals surface area (Å²) >= 11 is 1.41. The van der Waals surface area contributed by atoms with Crippen molar-refractivity contribution in [2.75, 3.05) is 14.2 Å². The maximum absolute atomic E-state index is 13.4. The number of nitrogens with one attached hydrogen (secondary N) is 2. The van der Waals surface area contributed by atoms with Gasteiger partial charge in [-0.1, -0.05) is 6.07 Å². The summed E-state index contributed by atoms with van der Waals surface area (Å²) in [7, 11) is 2.94. The van der Waals surface area contributed by atoms with Gasteiger partial charge in [0, 0.05) is 5.56 Å². The molecule has 0 saturated heterocycles. The van der Waals surface area contributed by atoms with E-state index in [0.717, 1.165) is 4.88 Å². The van der Waals surface area contributed by atoms with Crippen LogP contribution in [0.2, 0.25) is 0 Å². The van der Waals surface area contributed by atoms with E-state index >= 15 is 0 Å². The summed E-state index contributed by atoms with van der Waals surface area (Å²) < 4.78 is 25.1. The number of thiophene rings is 1. The number of hydrogen-bond acceptors (Lipinski definition) is 7. The van der Waals surface area contributed by atoms with Crippen LogP contribution in [0.15, 0.2) is 60.0 Å². The Morgan fingerprint density at radius 1 is 0.970 bits per heavy atom. The Hall–Kier alpha value is -4.25. The second kappa shape index (κ2) is 9.49. The summed E-state index contributed by atoms with van der Waals surface area (Å²) in [6.07, 6.45) is 0. The van der Waals surface area contributed by atoms with Gasteiger partial charge in [0.25, 0.3) is 5.91 Å². The lowest BCUT2D eigenvalue weighted by molar-refractivity contribution is 0.0841. The Kier molecular flexibility index (Phi) is 6.31. The molecule has 0 radical (unpaired) electrons. The lowest BCUT2D eigenvalue weighted by atomic mass is 10.2. The van der Waals surface area contributed by atoms with Gasteiger partial charge in [-0.15, -0.1) is 16.4 Å². The number of aromatic nitrogens is 3. The largest absolute Gasteiger partial charge is 0.493 e. The molecule has 4 rings (SSSR count). The fourth-order valence-corrected chi connectivity index (χ4v) is 3.65. The first-order chi connectivity index (χ1) is 16.0. The van der Waals surface area contributed by atoms with Crippen molar-refractivity contribution in [2.24, 2.45) is 0 Å². The van der Waals surface area contributed by atoms with E-state index in [4.69, 9.17) is 9.47 Å². The van der Waals surface area contributed by atoms with E-state index in [1.54, 1.807) is 6.07 Å². The predicted molar refractivity (Wildman–Crippen MR) is 119 cm³/mol. The van der Waals surface area contributed by atoms with Crippen LogP contribution in [0.5, 0.6) is 11.5 Å². The average molecular weight is 467 g/mol. The SMILES string of the molecule is COc1ccc(C(=O)NNC(=O)c2nc(-c3cccs3)n(-c3ccc(F)cc3)n2)cc1OC. The molecule has 2 aromatic heterocycles. The zero-order chi connectivity index (χ0) is 23.4. The van der Waals surface area contributed by atoms with E-state index < -0.39 is 17.6 Å². The number of ether oxygens (including phenoxy) is 2. The molecule has 2 N–H and O–H groups in total. The van der Waals surface area contributed by atoms with Gasteiger partial charge in [-0.3, -0.25) is 20.4 Å². The Labute approximate surface area is 191 Å². The van der Waals surface area contributed by atoms with Crippen molar-refractivity contribution in [3.05, 3.63) is 77.2 Å². The van der Waals surface area contributed by atoms with Crippen LogP contribution in [-0.4, -0.2) is 40.8 Å². The summed E-state index contributed by atoms with van der Waals surface area (Å²) in [6, 6.07) is 13.9. The molecule has 0 bridgehead atoms. The van der Waals surface area contributed by atoms with Crippen molar-refractivity contribution in [1.82, 2.24) is 25.6 Å². The topological polar surface area (TPSA) is 107 Å². The third kappa shape index (κ3) is 4.67. The first kappa shape index (κ1) is 22.0. The molecule has 0 aliphatic heterocycles. The molecular weight excluding hydrogens is 449 g/mol. The highest BCUT2D eigenvalue weighted by Gasteiger charge is 2.20. The number of methoxy groups -OCH3 is 2. The number of carbonyl (C=O) groups is 2. The second-order valence-corrected chi connectivity index (χ2v) is 7.55. The Morgan fingerprint density at radius 2 is 1.70 bits per heavy atom. The lowest BCUT2D eigenvalue weighted by Crippen LogP contribution is -2.42. The number of rotatable bonds is 6. The summed E-state index contributed by atoms with van der Waals surface area (Å²) in [5.41, 5.74) is 5.41. The van der Waals surface area contributed by atoms with Crippen molar-refractivity contribution in [2.45, 2.75) is 0 Å². The smallest absolute Gasteiger partial charge is 0.309 e. The molecule has 9 nitrogen and oxygen atoms in total. The first-order valence-electron chi connectivity index (χ1n) is 9.59. The van der Waals surface area contributed by atoms with Gasteiger partial charge in [0.2, 0.25) is 5.82 Å².